The lowest BCUT2D eigenvalue weighted by Crippen LogP contribution is -2.39. The number of benzene rings is 1. The summed E-state index contributed by atoms with van der Waals surface area (Å²) in [5.74, 6) is 0.238. The second-order valence-electron chi connectivity index (χ2n) is 4.90. The van der Waals surface area contributed by atoms with Crippen molar-refractivity contribution in [2.24, 2.45) is 0 Å². The molecule has 2 aromatic rings. The first-order valence-electron chi connectivity index (χ1n) is 7.19. The van der Waals surface area contributed by atoms with Crippen LogP contribution in [0.1, 0.15) is 12.6 Å². The van der Waals surface area contributed by atoms with E-state index in [1.165, 1.54) is 11.8 Å². The number of hydrogen-bond donors (Lipinski definition) is 1. The van der Waals surface area contributed by atoms with Gasteiger partial charge in [-0.2, -0.15) is 0 Å². The minimum absolute atomic E-state index is 0.0471. The van der Waals surface area contributed by atoms with Gasteiger partial charge in [0.05, 0.1) is 19.3 Å². The van der Waals surface area contributed by atoms with Crippen LogP contribution in [0.25, 0.3) is 0 Å². The maximum absolute atomic E-state index is 12.1. The standard InChI is InChI=1S/C17H19N3O3/c1-13(21)20(15-6-8-16(23-2)9-7-15)12-17(22)19-11-14-5-3-4-10-18-14/h3-10H,11-12H2,1-2H3,(H,19,22). The van der Waals surface area contributed by atoms with Crippen LogP contribution in [0.3, 0.4) is 0 Å². The quantitative estimate of drug-likeness (QED) is 0.882. The minimum atomic E-state index is -0.248. The van der Waals surface area contributed by atoms with E-state index < -0.39 is 0 Å². The first-order chi connectivity index (χ1) is 11.1. The number of pyridine rings is 1. The molecule has 0 fully saturated rings. The Morgan fingerprint density at radius 2 is 1.91 bits per heavy atom. The van der Waals surface area contributed by atoms with Gasteiger partial charge in [0.1, 0.15) is 12.3 Å². The zero-order valence-electron chi connectivity index (χ0n) is 13.2. The van der Waals surface area contributed by atoms with Crippen molar-refractivity contribution in [1.82, 2.24) is 10.3 Å². The summed E-state index contributed by atoms with van der Waals surface area (Å²) in [6.45, 7) is 1.71. The molecular formula is C17H19N3O3. The normalized spacial score (nSPS) is 10.0. The van der Waals surface area contributed by atoms with Crippen LogP contribution in [0.2, 0.25) is 0 Å². The Balaban J connectivity index is 1.98. The molecule has 0 unspecified atom stereocenters. The molecular weight excluding hydrogens is 294 g/mol. The largest absolute Gasteiger partial charge is 0.497 e. The number of methoxy groups -OCH3 is 1. The van der Waals surface area contributed by atoms with E-state index in [0.717, 1.165) is 5.69 Å². The fraction of sp³-hybridized carbons (Fsp3) is 0.235. The van der Waals surface area contributed by atoms with Crippen molar-refractivity contribution in [1.29, 1.82) is 0 Å². The summed E-state index contributed by atoms with van der Waals surface area (Å²) in [6.07, 6.45) is 1.67. The number of ether oxygens (including phenoxy) is 1. The van der Waals surface area contributed by atoms with Crippen molar-refractivity contribution in [3.63, 3.8) is 0 Å². The number of rotatable bonds is 6. The van der Waals surface area contributed by atoms with Crippen molar-refractivity contribution in [2.45, 2.75) is 13.5 Å². The first-order valence-corrected chi connectivity index (χ1v) is 7.19. The second-order valence-corrected chi connectivity index (χ2v) is 4.90. The van der Waals surface area contributed by atoms with Gasteiger partial charge in [0, 0.05) is 18.8 Å². The molecule has 2 rings (SSSR count). The zero-order chi connectivity index (χ0) is 16.7. The summed E-state index contributed by atoms with van der Waals surface area (Å²) in [7, 11) is 1.57. The number of amides is 2. The molecule has 23 heavy (non-hydrogen) atoms. The molecule has 0 aliphatic carbocycles. The molecule has 6 heteroatoms. The zero-order valence-corrected chi connectivity index (χ0v) is 13.2. The Kier molecular flexibility index (Phi) is 5.68. The van der Waals surface area contributed by atoms with E-state index >= 15 is 0 Å². The first kappa shape index (κ1) is 16.5. The van der Waals surface area contributed by atoms with Gasteiger partial charge < -0.3 is 15.0 Å². The molecule has 0 radical (unpaired) electrons. The Bertz CT molecular complexity index is 657. The van der Waals surface area contributed by atoms with Gasteiger partial charge in [0.15, 0.2) is 0 Å². The lowest BCUT2D eigenvalue weighted by Gasteiger charge is -2.20. The number of nitrogens with one attached hydrogen (secondary N) is 1. The van der Waals surface area contributed by atoms with Gasteiger partial charge in [0.2, 0.25) is 11.8 Å². The number of hydrogen-bond acceptors (Lipinski definition) is 4. The molecule has 0 bridgehead atoms. The minimum Gasteiger partial charge on any atom is -0.497 e. The highest BCUT2D eigenvalue weighted by Gasteiger charge is 2.15. The predicted octanol–water partition coefficient (Wildman–Crippen LogP) is 1.76. The number of carbonyl (C=O) groups is 2. The lowest BCUT2D eigenvalue weighted by atomic mass is 10.2. The Morgan fingerprint density at radius 3 is 2.48 bits per heavy atom. The van der Waals surface area contributed by atoms with Gasteiger partial charge in [-0.1, -0.05) is 6.07 Å². The monoisotopic (exact) mass is 313 g/mol. The molecule has 0 aliphatic rings. The van der Waals surface area contributed by atoms with E-state index in [4.69, 9.17) is 4.74 Å². The van der Waals surface area contributed by atoms with Crippen LogP contribution in [-0.4, -0.2) is 30.5 Å². The number of carbonyl (C=O) groups excluding carboxylic acids is 2. The van der Waals surface area contributed by atoms with Gasteiger partial charge in [-0.3, -0.25) is 14.6 Å². The predicted molar refractivity (Wildman–Crippen MR) is 87.1 cm³/mol. The van der Waals surface area contributed by atoms with Gasteiger partial charge in [-0.05, 0) is 36.4 Å². The highest BCUT2D eigenvalue weighted by atomic mass is 16.5. The summed E-state index contributed by atoms with van der Waals surface area (Å²) in [6, 6.07) is 12.5. The van der Waals surface area contributed by atoms with Gasteiger partial charge in [-0.15, -0.1) is 0 Å². The third-order valence-corrected chi connectivity index (χ3v) is 3.26. The Labute approximate surface area is 135 Å². The highest BCUT2D eigenvalue weighted by Crippen LogP contribution is 2.19. The van der Waals surface area contributed by atoms with Crippen molar-refractivity contribution in [2.75, 3.05) is 18.6 Å². The van der Waals surface area contributed by atoms with Gasteiger partial charge in [-0.25, -0.2) is 0 Å². The number of aromatic nitrogens is 1. The number of anilines is 1. The van der Waals surface area contributed by atoms with Crippen LogP contribution < -0.4 is 15.0 Å². The smallest absolute Gasteiger partial charge is 0.240 e. The van der Waals surface area contributed by atoms with Crippen molar-refractivity contribution in [3.05, 3.63) is 54.4 Å². The molecule has 6 nitrogen and oxygen atoms in total. The molecule has 0 spiro atoms. The van der Waals surface area contributed by atoms with Crippen molar-refractivity contribution >= 4 is 17.5 Å². The maximum atomic E-state index is 12.1. The van der Waals surface area contributed by atoms with Crippen LogP contribution in [-0.2, 0) is 16.1 Å². The van der Waals surface area contributed by atoms with Crippen LogP contribution >= 0.6 is 0 Å². The fourth-order valence-corrected chi connectivity index (χ4v) is 2.04. The molecule has 1 aromatic heterocycles. The van der Waals surface area contributed by atoms with Gasteiger partial charge >= 0.3 is 0 Å². The summed E-state index contributed by atoms with van der Waals surface area (Å²) in [4.78, 5) is 29.4. The van der Waals surface area contributed by atoms with Crippen LogP contribution in [0.4, 0.5) is 5.69 Å². The van der Waals surface area contributed by atoms with Gasteiger partial charge in [0.25, 0.3) is 0 Å². The highest BCUT2D eigenvalue weighted by molar-refractivity contribution is 5.97. The van der Waals surface area contributed by atoms with E-state index in [1.807, 2.05) is 18.2 Å². The molecule has 0 saturated carbocycles. The Morgan fingerprint density at radius 1 is 1.17 bits per heavy atom. The second kappa shape index (κ2) is 7.93. The topological polar surface area (TPSA) is 71.5 Å². The molecule has 2 amide bonds. The summed E-state index contributed by atoms with van der Waals surface area (Å²) in [5, 5.41) is 2.76. The third kappa shape index (κ3) is 4.81. The van der Waals surface area contributed by atoms with Crippen LogP contribution in [0.15, 0.2) is 48.7 Å². The molecule has 1 aromatic carbocycles. The number of nitrogens with zero attached hydrogens (tertiary/aromatic N) is 2. The Hall–Kier alpha value is -2.89. The van der Waals surface area contributed by atoms with E-state index in [2.05, 4.69) is 10.3 Å². The molecule has 0 saturated heterocycles. The summed E-state index contributed by atoms with van der Waals surface area (Å²) < 4.78 is 5.09. The van der Waals surface area contributed by atoms with Crippen LogP contribution in [0, 0.1) is 0 Å². The van der Waals surface area contributed by atoms with Crippen molar-refractivity contribution in [3.8, 4) is 5.75 Å². The molecule has 1 N–H and O–H groups in total. The lowest BCUT2D eigenvalue weighted by molar-refractivity contribution is -0.123. The van der Waals surface area contributed by atoms with E-state index in [9.17, 15) is 9.59 Å². The molecule has 0 atom stereocenters. The average Bonchev–Trinajstić information content (AvgIpc) is 2.58. The average molecular weight is 313 g/mol. The summed E-state index contributed by atoms with van der Waals surface area (Å²) in [5.41, 5.74) is 1.41. The molecule has 1 heterocycles. The van der Waals surface area contributed by atoms with E-state index in [-0.39, 0.29) is 18.4 Å². The van der Waals surface area contributed by atoms with Crippen molar-refractivity contribution < 1.29 is 14.3 Å². The molecule has 0 aliphatic heterocycles. The molecule has 120 valence electrons. The maximum Gasteiger partial charge on any atom is 0.240 e. The van der Waals surface area contributed by atoms with E-state index in [0.29, 0.717) is 18.0 Å². The summed E-state index contributed by atoms with van der Waals surface area (Å²) >= 11 is 0. The van der Waals surface area contributed by atoms with E-state index in [1.54, 1.807) is 37.6 Å². The fourth-order valence-electron chi connectivity index (χ4n) is 2.04. The third-order valence-electron chi connectivity index (χ3n) is 3.26. The van der Waals surface area contributed by atoms with Crippen LogP contribution in [0.5, 0.6) is 5.75 Å². The SMILES string of the molecule is COc1ccc(N(CC(=O)NCc2ccccn2)C(C)=O)cc1.